The largest absolute Gasteiger partial charge is 0.494 e. The Labute approximate surface area is 237 Å². The zero-order chi connectivity index (χ0) is 27.7. The molecule has 0 aliphatic rings. The molecule has 0 fully saturated rings. The van der Waals surface area contributed by atoms with Crippen molar-refractivity contribution in [3.8, 4) is 11.5 Å². The van der Waals surface area contributed by atoms with Crippen LogP contribution in [0.3, 0.4) is 0 Å². The fraction of sp³-hybridized carbons (Fsp3) is 0.528. The summed E-state index contributed by atoms with van der Waals surface area (Å²) in [7, 11) is 0. The van der Waals surface area contributed by atoms with Gasteiger partial charge >= 0.3 is 0 Å². The van der Waals surface area contributed by atoms with Crippen molar-refractivity contribution in [2.75, 3.05) is 6.61 Å². The molecule has 3 rings (SSSR count). The molecule has 3 aromatic carbocycles. The van der Waals surface area contributed by atoms with Gasteiger partial charge in [-0.15, -0.1) is 0 Å². The normalized spacial score (nSPS) is 12.0. The lowest BCUT2D eigenvalue weighted by Crippen LogP contribution is -2.05. The Balaban J connectivity index is 1.39. The lowest BCUT2D eigenvalue weighted by atomic mass is 9.97. The average Bonchev–Trinajstić information content (AvgIpc) is 2.96. The molecule has 1 atom stereocenters. The van der Waals surface area contributed by atoms with E-state index in [-0.39, 0.29) is 5.78 Å². The first-order valence-electron chi connectivity index (χ1n) is 15.5. The highest BCUT2D eigenvalue weighted by atomic mass is 16.5. The summed E-state index contributed by atoms with van der Waals surface area (Å²) in [6, 6.07) is 20.2. The van der Waals surface area contributed by atoms with Crippen LogP contribution in [-0.2, 0) is 6.61 Å². The van der Waals surface area contributed by atoms with E-state index in [0.717, 1.165) is 52.8 Å². The highest BCUT2D eigenvalue weighted by Crippen LogP contribution is 2.29. The Kier molecular flexibility index (Phi) is 14.0. The average molecular weight is 531 g/mol. The summed E-state index contributed by atoms with van der Waals surface area (Å²) >= 11 is 0. The maximum absolute atomic E-state index is 12.4. The first-order chi connectivity index (χ1) is 19.1. The highest BCUT2D eigenvalue weighted by molar-refractivity contribution is 5.96. The number of rotatable bonds is 20. The van der Waals surface area contributed by atoms with Gasteiger partial charge in [0.05, 0.1) is 6.61 Å². The van der Waals surface area contributed by atoms with Gasteiger partial charge in [0, 0.05) is 17.4 Å². The van der Waals surface area contributed by atoms with Crippen molar-refractivity contribution in [3.05, 3.63) is 71.8 Å². The van der Waals surface area contributed by atoms with Gasteiger partial charge in [0.15, 0.2) is 5.78 Å². The third-order valence-corrected chi connectivity index (χ3v) is 7.73. The molecule has 0 radical (unpaired) electrons. The van der Waals surface area contributed by atoms with Gasteiger partial charge < -0.3 is 9.47 Å². The van der Waals surface area contributed by atoms with Crippen molar-refractivity contribution >= 4 is 16.6 Å². The minimum atomic E-state index is 0.215. The molecule has 39 heavy (non-hydrogen) atoms. The van der Waals surface area contributed by atoms with Crippen LogP contribution in [-0.4, -0.2) is 12.4 Å². The summed E-state index contributed by atoms with van der Waals surface area (Å²) in [5.74, 6) is 2.42. The Bertz CT molecular complexity index is 1100. The summed E-state index contributed by atoms with van der Waals surface area (Å²) in [5, 5.41) is 2.20. The van der Waals surface area contributed by atoms with Gasteiger partial charge in [0.2, 0.25) is 0 Å². The number of fused-ring (bicyclic) bond motifs is 1. The van der Waals surface area contributed by atoms with E-state index in [1.54, 1.807) is 0 Å². The molecule has 0 saturated heterocycles. The van der Waals surface area contributed by atoms with Crippen molar-refractivity contribution in [1.29, 1.82) is 0 Å². The first kappa shape index (κ1) is 30.7. The molecule has 0 spiro atoms. The zero-order valence-corrected chi connectivity index (χ0v) is 24.7. The number of ether oxygens (including phenoxy) is 2. The van der Waals surface area contributed by atoms with Crippen LogP contribution in [0.25, 0.3) is 10.8 Å². The van der Waals surface area contributed by atoms with Gasteiger partial charge in [-0.05, 0) is 47.6 Å². The number of hydrogen-bond donors (Lipinski definition) is 0. The summed E-state index contributed by atoms with van der Waals surface area (Å²) in [5.41, 5.74) is 1.84. The molecule has 0 aliphatic carbocycles. The molecule has 0 aromatic heterocycles. The Morgan fingerprint density at radius 1 is 0.744 bits per heavy atom. The van der Waals surface area contributed by atoms with E-state index >= 15 is 0 Å². The van der Waals surface area contributed by atoms with Crippen LogP contribution in [0.5, 0.6) is 11.5 Å². The Hall–Kier alpha value is -2.81. The topological polar surface area (TPSA) is 35.5 Å². The Morgan fingerprint density at radius 3 is 2.08 bits per heavy atom. The smallest absolute Gasteiger partial charge is 0.163 e. The summed E-state index contributed by atoms with van der Waals surface area (Å²) in [6.45, 7) is 7.77. The monoisotopic (exact) mass is 530 g/mol. The number of Topliss-reactive ketones (excluding diaryl/α,β-unsaturated/α-hetero) is 1. The van der Waals surface area contributed by atoms with Crippen molar-refractivity contribution in [2.24, 2.45) is 5.92 Å². The van der Waals surface area contributed by atoms with E-state index in [1.807, 2.05) is 42.5 Å². The quantitative estimate of drug-likeness (QED) is 0.108. The van der Waals surface area contributed by atoms with Crippen LogP contribution < -0.4 is 9.47 Å². The van der Waals surface area contributed by atoms with E-state index in [9.17, 15) is 4.79 Å². The van der Waals surface area contributed by atoms with E-state index in [0.29, 0.717) is 18.9 Å². The zero-order valence-electron chi connectivity index (χ0n) is 24.7. The van der Waals surface area contributed by atoms with Gasteiger partial charge in [0.25, 0.3) is 0 Å². The number of carbonyl (C=O) groups excluding carboxylic acids is 1. The van der Waals surface area contributed by atoms with Gasteiger partial charge in [-0.3, -0.25) is 4.79 Å². The second kappa shape index (κ2) is 17.7. The molecule has 212 valence electrons. The highest BCUT2D eigenvalue weighted by Gasteiger charge is 2.10. The van der Waals surface area contributed by atoms with Crippen molar-refractivity contribution in [2.45, 2.75) is 111 Å². The number of unbranched alkanes of at least 4 members (excludes halogenated alkanes) is 10. The van der Waals surface area contributed by atoms with Gasteiger partial charge in [-0.1, -0.05) is 128 Å². The van der Waals surface area contributed by atoms with Crippen LogP contribution in [0.4, 0.5) is 0 Å². The van der Waals surface area contributed by atoms with Crippen molar-refractivity contribution in [3.63, 3.8) is 0 Å². The molecule has 0 heterocycles. The molecule has 3 nitrogen and oxygen atoms in total. The van der Waals surface area contributed by atoms with Gasteiger partial charge in [-0.25, -0.2) is 0 Å². The lowest BCUT2D eigenvalue weighted by Gasteiger charge is -2.12. The van der Waals surface area contributed by atoms with E-state index < -0.39 is 0 Å². The number of benzene rings is 3. The van der Waals surface area contributed by atoms with E-state index in [4.69, 9.17) is 9.47 Å². The van der Waals surface area contributed by atoms with E-state index in [1.165, 1.54) is 64.2 Å². The summed E-state index contributed by atoms with van der Waals surface area (Å²) < 4.78 is 12.2. The van der Waals surface area contributed by atoms with Crippen LogP contribution >= 0.6 is 0 Å². The molecular formula is C36H50O3. The van der Waals surface area contributed by atoms with Crippen LogP contribution in [0, 0.1) is 5.92 Å². The van der Waals surface area contributed by atoms with Crippen LogP contribution in [0.15, 0.2) is 60.7 Å². The number of carbonyl (C=O) groups is 1. The molecule has 0 unspecified atom stereocenters. The second-order valence-electron chi connectivity index (χ2n) is 11.1. The molecule has 0 saturated carbocycles. The predicted octanol–water partition coefficient (Wildman–Crippen LogP) is 10.7. The molecule has 3 aromatic rings. The Morgan fingerprint density at radius 2 is 1.41 bits per heavy atom. The molecule has 0 N–H and O–H groups in total. The molecule has 3 heteroatoms. The molecule has 0 aliphatic heterocycles. The third-order valence-electron chi connectivity index (χ3n) is 7.73. The number of hydrogen-bond acceptors (Lipinski definition) is 3. The molecule has 0 amide bonds. The standard InChI is InChI=1S/C36H50O3/c1-4-6-7-8-9-10-11-12-13-14-15-25-38-33-23-24-34-32(27-33)17-16-18-36(34)39-28-30-19-21-31(22-20-30)35(37)26-29(3)5-2/h16-24,27,29H,4-15,25-26,28H2,1-3H3/t29-/m1/s1. The fourth-order valence-corrected chi connectivity index (χ4v) is 4.93. The van der Waals surface area contributed by atoms with E-state index in [2.05, 4.69) is 39.0 Å². The maximum Gasteiger partial charge on any atom is 0.163 e. The molecular weight excluding hydrogens is 480 g/mol. The molecule has 0 bridgehead atoms. The third kappa shape index (κ3) is 11.1. The summed E-state index contributed by atoms with van der Waals surface area (Å²) in [6.07, 6.45) is 16.4. The first-order valence-corrected chi connectivity index (χ1v) is 15.5. The van der Waals surface area contributed by atoms with Crippen molar-refractivity contribution in [1.82, 2.24) is 0 Å². The number of ketones is 1. The van der Waals surface area contributed by atoms with Crippen molar-refractivity contribution < 1.29 is 14.3 Å². The van der Waals surface area contributed by atoms with Gasteiger partial charge in [0.1, 0.15) is 18.1 Å². The maximum atomic E-state index is 12.4. The second-order valence-corrected chi connectivity index (χ2v) is 11.1. The summed E-state index contributed by atoms with van der Waals surface area (Å²) in [4.78, 5) is 12.4. The predicted molar refractivity (Wildman–Crippen MR) is 165 cm³/mol. The minimum Gasteiger partial charge on any atom is -0.494 e. The lowest BCUT2D eigenvalue weighted by molar-refractivity contribution is 0.0963. The van der Waals surface area contributed by atoms with Crippen LogP contribution in [0.2, 0.25) is 0 Å². The fourth-order valence-electron chi connectivity index (χ4n) is 4.93. The van der Waals surface area contributed by atoms with Gasteiger partial charge in [-0.2, -0.15) is 0 Å². The van der Waals surface area contributed by atoms with Crippen LogP contribution in [0.1, 0.15) is 120 Å². The SMILES string of the molecule is CCCCCCCCCCCCCOc1ccc2c(OCc3ccc(C(=O)C[C@H](C)CC)cc3)cccc2c1. The minimum absolute atomic E-state index is 0.215.